The van der Waals surface area contributed by atoms with Gasteiger partial charge in [0, 0.05) is 38.0 Å². The average molecular weight is 293 g/mol. The summed E-state index contributed by atoms with van der Waals surface area (Å²) in [4.78, 5) is 4.58. The number of hydrogen-bond acceptors (Lipinski definition) is 3. The van der Waals surface area contributed by atoms with Gasteiger partial charge in [-0.05, 0) is 33.2 Å². The number of rotatable bonds is 8. The maximum absolute atomic E-state index is 6.27. The second-order valence-electron chi connectivity index (χ2n) is 6.14. The van der Waals surface area contributed by atoms with Crippen molar-refractivity contribution in [3.05, 3.63) is 18.2 Å². The van der Waals surface area contributed by atoms with Crippen molar-refractivity contribution in [2.45, 2.75) is 77.0 Å². The maximum Gasteiger partial charge on any atom is 0.110 e. The van der Waals surface area contributed by atoms with Crippen molar-refractivity contribution < 1.29 is 4.74 Å². The van der Waals surface area contributed by atoms with Crippen LogP contribution in [-0.4, -0.2) is 34.8 Å². The van der Waals surface area contributed by atoms with E-state index >= 15 is 0 Å². The van der Waals surface area contributed by atoms with Crippen LogP contribution < -0.4 is 5.32 Å². The normalized spacial score (nSPS) is 19.6. The van der Waals surface area contributed by atoms with Crippen molar-refractivity contribution in [1.29, 1.82) is 0 Å². The molecule has 1 aliphatic rings. The van der Waals surface area contributed by atoms with E-state index in [1.54, 1.807) is 0 Å². The molecule has 1 aromatic heterocycles. The third-order valence-electron chi connectivity index (χ3n) is 4.77. The van der Waals surface area contributed by atoms with E-state index in [4.69, 9.17) is 4.74 Å². The number of ether oxygens (including phenoxy) is 1. The van der Waals surface area contributed by atoms with Gasteiger partial charge in [0.25, 0.3) is 0 Å². The zero-order chi connectivity index (χ0) is 15.1. The fourth-order valence-electron chi connectivity index (χ4n) is 3.74. The Hall–Kier alpha value is -0.870. The summed E-state index contributed by atoms with van der Waals surface area (Å²) >= 11 is 0. The van der Waals surface area contributed by atoms with E-state index in [-0.39, 0.29) is 5.60 Å². The molecule has 0 bridgehead atoms. The highest BCUT2D eigenvalue weighted by Gasteiger charge is 2.40. The van der Waals surface area contributed by atoms with Crippen LogP contribution >= 0.6 is 0 Å². The molecule has 1 aliphatic carbocycles. The predicted molar refractivity (Wildman–Crippen MR) is 86.5 cm³/mol. The van der Waals surface area contributed by atoms with Gasteiger partial charge in [-0.3, -0.25) is 0 Å². The minimum absolute atomic E-state index is 0.00918. The Morgan fingerprint density at radius 2 is 2.10 bits per heavy atom. The van der Waals surface area contributed by atoms with Gasteiger partial charge in [-0.25, -0.2) is 4.98 Å². The topological polar surface area (TPSA) is 39.1 Å². The fourth-order valence-corrected chi connectivity index (χ4v) is 3.74. The summed E-state index contributed by atoms with van der Waals surface area (Å²) in [6.07, 6.45) is 12.3. The van der Waals surface area contributed by atoms with E-state index in [0.717, 1.165) is 26.0 Å². The molecule has 0 saturated heterocycles. The van der Waals surface area contributed by atoms with Crippen LogP contribution in [0.5, 0.6) is 0 Å². The first-order valence-corrected chi connectivity index (χ1v) is 8.57. The summed E-state index contributed by atoms with van der Waals surface area (Å²) in [6, 6.07) is 0.343. The fraction of sp³-hybridized carbons (Fsp3) is 0.824. The molecular formula is C17H31N3O. The zero-order valence-corrected chi connectivity index (χ0v) is 13.9. The lowest BCUT2D eigenvalue weighted by molar-refractivity contribution is -0.0888. The molecule has 1 atom stereocenters. The van der Waals surface area contributed by atoms with Crippen LogP contribution in [0.2, 0.25) is 0 Å². The molecule has 1 fully saturated rings. The molecule has 1 heterocycles. The molecule has 0 spiro atoms. The molecule has 0 aliphatic heterocycles. The van der Waals surface area contributed by atoms with Crippen LogP contribution in [0, 0.1) is 0 Å². The van der Waals surface area contributed by atoms with Gasteiger partial charge >= 0.3 is 0 Å². The molecule has 2 rings (SSSR count). The zero-order valence-electron chi connectivity index (χ0n) is 13.9. The lowest BCUT2D eigenvalue weighted by atomic mass is 9.77. The SMILES string of the molecule is CCCn1ccnc1CC(NC)C1(OCC)CCCCC1. The van der Waals surface area contributed by atoms with Gasteiger partial charge in [0.2, 0.25) is 0 Å². The molecule has 1 unspecified atom stereocenters. The first-order valence-electron chi connectivity index (χ1n) is 8.57. The Labute approximate surface area is 129 Å². The largest absolute Gasteiger partial charge is 0.374 e. The maximum atomic E-state index is 6.27. The summed E-state index contributed by atoms with van der Waals surface area (Å²) in [5.74, 6) is 1.18. The van der Waals surface area contributed by atoms with Crippen molar-refractivity contribution in [3.8, 4) is 0 Å². The summed E-state index contributed by atoms with van der Waals surface area (Å²) in [7, 11) is 2.06. The first-order chi connectivity index (χ1) is 10.3. The smallest absolute Gasteiger partial charge is 0.110 e. The number of aromatic nitrogens is 2. The van der Waals surface area contributed by atoms with Gasteiger partial charge in [0.15, 0.2) is 0 Å². The average Bonchev–Trinajstić information content (AvgIpc) is 2.93. The van der Waals surface area contributed by atoms with Gasteiger partial charge in [0.05, 0.1) is 5.60 Å². The number of likely N-dealkylation sites (N-methyl/N-ethyl adjacent to an activating group) is 1. The highest BCUT2D eigenvalue weighted by molar-refractivity contribution is 5.03. The van der Waals surface area contributed by atoms with E-state index in [2.05, 4.69) is 42.0 Å². The Balaban J connectivity index is 2.14. The van der Waals surface area contributed by atoms with Crippen LogP contribution in [0.4, 0.5) is 0 Å². The lowest BCUT2D eigenvalue weighted by Crippen LogP contribution is -2.54. The van der Waals surface area contributed by atoms with Gasteiger partial charge < -0.3 is 14.6 Å². The third-order valence-corrected chi connectivity index (χ3v) is 4.77. The number of imidazole rings is 1. The molecule has 0 amide bonds. The molecule has 0 radical (unpaired) electrons. The van der Waals surface area contributed by atoms with Gasteiger partial charge in [0.1, 0.15) is 5.82 Å². The van der Waals surface area contributed by atoms with E-state index in [9.17, 15) is 0 Å². The summed E-state index contributed by atoms with van der Waals surface area (Å²) in [5, 5.41) is 3.53. The second kappa shape index (κ2) is 7.95. The van der Waals surface area contributed by atoms with Crippen molar-refractivity contribution >= 4 is 0 Å². The minimum Gasteiger partial charge on any atom is -0.374 e. The molecule has 4 heteroatoms. The molecule has 4 nitrogen and oxygen atoms in total. The highest BCUT2D eigenvalue weighted by Crippen LogP contribution is 2.35. The molecule has 0 aromatic carbocycles. The quantitative estimate of drug-likeness (QED) is 0.800. The summed E-state index contributed by atoms with van der Waals surface area (Å²) in [5.41, 5.74) is -0.00918. The van der Waals surface area contributed by atoms with Crippen molar-refractivity contribution in [2.75, 3.05) is 13.7 Å². The minimum atomic E-state index is -0.00918. The third kappa shape index (κ3) is 3.86. The Morgan fingerprint density at radius 1 is 1.33 bits per heavy atom. The van der Waals surface area contributed by atoms with Crippen molar-refractivity contribution in [3.63, 3.8) is 0 Å². The van der Waals surface area contributed by atoms with Gasteiger partial charge in [-0.1, -0.05) is 26.2 Å². The van der Waals surface area contributed by atoms with Crippen LogP contribution in [-0.2, 0) is 17.7 Å². The molecule has 21 heavy (non-hydrogen) atoms. The standard InChI is InChI=1S/C17H31N3O/c1-4-12-20-13-11-19-16(20)14-15(18-3)17(21-5-2)9-7-6-8-10-17/h11,13,15,18H,4-10,12,14H2,1-3H3. The van der Waals surface area contributed by atoms with E-state index in [1.807, 2.05) is 6.20 Å². The number of nitrogens with one attached hydrogen (secondary N) is 1. The molecule has 1 N–H and O–H groups in total. The van der Waals surface area contributed by atoms with Crippen LogP contribution in [0.3, 0.4) is 0 Å². The van der Waals surface area contributed by atoms with Crippen LogP contribution in [0.1, 0.15) is 58.2 Å². The molecule has 1 aromatic rings. The van der Waals surface area contributed by atoms with Crippen LogP contribution in [0.15, 0.2) is 12.4 Å². The second-order valence-corrected chi connectivity index (χ2v) is 6.14. The number of nitrogens with zero attached hydrogens (tertiary/aromatic N) is 2. The molecule has 120 valence electrons. The number of aryl methyl sites for hydroxylation is 1. The molecular weight excluding hydrogens is 262 g/mol. The van der Waals surface area contributed by atoms with Crippen LogP contribution in [0.25, 0.3) is 0 Å². The summed E-state index contributed by atoms with van der Waals surface area (Å²) in [6.45, 7) is 6.16. The first kappa shape index (κ1) is 16.5. The highest BCUT2D eigenvalue weighted by atomic mass is 16.5. The van der Waals surface area contributed by atoms with E-state index < -0.39 is 0 Å². The number of hydrogen-bond donors (Lipinski definition) is 1. The predicted octanol–water partition coefficient (Wildman–Crippen LogP) is 3.16. The summed E-state index contributed by atoms with van der Waals surface area (Å²) < 4.78 is 8.56. The van der Waals surface area contributed by atoms with Crippen molar-refractivity contribution in [2.24, 2.45) is 0 Å². The Morgan fingerprint density at radius 3 is 2.71 bits per heavy atom. The Kier molecular flexibility index (Phi) is 6.24. The van der Waals surface area contributed by atoms with Crippen molar-refractivity contribution in [1.82, 2.24) is 14.9 Å². The lowest BCUT2D eigenvalue weighted by Gasteiger charge is -2.43. The van der Waals surface area contributed by atoms with E-state index in [0.29, 0.717) is 6.04 Å². The monoisotopic (exact) mass is 293 g/mol. The van der Waals surface area contributed by atoms with Gasteiger partial charge in [-0.15, -0.1) is 0 Å². The Bertz CT molecular complexity index is 404. The van der Waals surface area contributed by atoms with E-state index in [1.165, 1.54) is 37.9 Å². The molecule has 1 saturated carbocycles. The van der Waals surface area contributed by atoms with Gasteiger partial charge in [-0.2, -0.15) is 0 Å².